The molecule has 3 heteroatoms. The van der Waals surface area contributed by atoms with E-state index in [9.17, 15) is 4.39 Å². The van der Waals surface area contributed by atoms with Gasteiger partial charge in [-0.25, -0.2) is 4.39 Å². The van der Waals surface area contributed by atoms with E-state index >= 15 is 0 Å². The first-order valence-electron chi connectivity index (χ1n) is 5.96. The van der Waals surface area contributed by atoms with E-state index in [0.717, 1.165) is 5.56 Å². The first-order valence-corrected chi connectivity index (χ1v) is 5.96. The average molecular weight is 232 g/mol. The fourth-order valence-corrected chi connectivity index (χ4v) is 2.09. The van der Waals surface area contributed by atoms with Gasteiger partial charge in [-0.1, -0.05) is 0 Å². The molecule has 1 fully saturated rings. The van der Waals surface area contributed by atoms with E-state index in [4.69, 9.17) is 5.26 Å². The molecule has 0 aromatic heterocycles. The number of halogens is 1. The smallest absolute Gasteiger partial charge is 0.123 e. The highest BCUT2D eigenvalue weighted by Gasteiger charge is 2.37. The molecule has 2 nitrogen and oxygen atoms in total. The van der Waals surface area contributed by atoms with E-state index in [1.54, 1.807) is 0 Å². The van der Waals surface area contributed by atoms with E-state index in [1.165, 1.54) is 31.0 Å². The second-order valence-corrected chi connectivity index (χ2v) is 5.26. The van der Waals surface area contributed by atoms with Crippen LogP contribution in [-0.2, 0) is 6.54 Å². The van der Waals surface area contributed by atoms with Crippen molar-refractivity contribution in [1.29, 1.82) is 5.26 Å². The second kappa shape index (κ2) is 4.46. The van der Waals surface area contributed by atoms with Gasteiger partial charge in [-0.2, -0.15) is 5.26 Å². The van der Waals surface area contributed by atoms with Gasteiger partial charge in [-0.3, -0.25) is 0 Å². The van der Waals surface area contributed by atoms with Gasteiger partial charge >= 0.3 is 0 Å². The molecule has 0 radical (unpaired) electrons. The Morgan fingerprint density at radius 2 is 2.18 bits per heavy atom. The molecule has 2 rings (SSSR count). The van der Waals surface area contributed by atoms with Gasteiger partial charge in [0.2, 0.25) is 0 Å². The molecule has 0 spiro atoms. The molecule has 0 unspecified atom stereocenters. The minimum Gasteiger partial charge on any atom is -0.307 e. The van der Waals surface area contributed by atoms with E-state index in [2.05, 4.69) is 25.2 Å². The van der Waals surface area contributed by atoms with Gasteiger partial charge in [0.25, 0.3) is 0 Å². The van der Waals surface area contributed by atoms with Crippen LogP contribution in [0, 0.1) is 23.1 Å². The van der Waals surface area contributed by atoms with Crippen LogP contribution >= 0.6 is 0 Å². The Bertz CT molecular complexity index is 456. The molecule has 0 aliphatic heterocycles. The van der Waals surface area contributed by atoms with Gasteiger partial charge in [-0.05, 0) is 56.4 Å². The molecule has 17 heavy (non-hydrogen) atoms. The Morgan fingerprint density at radius 3 is 2.76 bits per heavy atom. The summed E-state index contributed by atoms with van der Waals surface area (Å²) in [6, 6.07) is 6.40. The maximum Gasteiger partial charge on any atom is 0.123 e. The molecule has 0 bridgehead atoms. The SMILES string of the molecule is CC(C)(NCc1cc(F)ccc1C#N)C1CC1. The van der Waals surface area contributed by atoms with Crippen LogP contribution in [0.25, 0.3) is 0 Å². The van der Waals surface area contributed by atoms with Crippen LogP contribution in [0.5, 0.6) is 0 Å². The van der Waals surface area contributed by atoms with Gasteiger partial charge in [0.1, 0.15) is 5.82 Å². The number of nitrogens with zero attached hydrogens (tertiary/aromatic N) is 1. The normalized spacial score (nSPS) is 15.6. The molecule has 0 atom stereocenters. The van der Waals surface area contributed by atoms with Crippen molar-refractivity contribution in [3.05, 3.63) is 35.1 Å². The summed E-state index contributed by atoms with van der Waals surface area (Å²) in [7, 11) is 0. The van der Waals surface area contributed by atoms with Crippen molar-refractivity contribution in [2.45, 2.75) is 38.8 Å². The highest BCUT2D eigenvalue weighted by atomic mass is 19.1. The molecule has 1 saturated carbocycles. The first kappa shape index (κ1) is 12.1. The maximum atomic E-state index is 13.1. The number of nitriles is 1. The quantitative estimate of drug-likeness (QED) is 0.866. The van der Waals surface area contributed by atoms with Crippen molar-refractivity contribution in [3.8, 4) is 6.07 Å². The number of rotatable bonds is 4. The highest BCUT2D eigenvalue weighted by molar-refractivity contribution is 5.37. The third-order valence-corrected chi connectivity index (χ3v) is 3.52. The Labute approximate surface area is 101 Å². The summed E-state index contributed by atoms with van der Waals surface area (Å²) in [5, 5.41) is 12.4. The van der Waals surface area contributed by atoms with Crippen molar-refractivity contribution in [1.82, 2.24) is 5.32 Å². The summed E-state index contributed by atoms with van der Waals surface area (Å²) in [5.74, 6) is 0.423. The van der Waals surface area contributed by atoms with Crippen LogP contribution < -0.4 is 5.32 Å². The largest absolute Gasteiger partial charge is 0.307 e. The zero-order valence-corrected chi connectivity index (χ0v) is 10.3. The zero-order valence-electron chi connectivity index (χ0n) is 10.3. The summed E-state index contributed by atoms with van der Waals surface area (Å²) in [6.45, 7) is 4.87. The topological polar surface area (TPSA) is 35.8 Å². The number of hydrogen-bond donors (Lipinski definition) is 1. The third kappa shape index (κ3) is 2.83. The molecule has 1 aliphatic rings. The van der Waals surface area contributed by atoms with Gasteiger partial charge in [0.15, 0.2) is 0 Å². The number of hydrogen-bond acceptors (Lipinski definition) is 2. The van der Waals surface area contributed by atoms with Gasteiger partial charge in [0.05, 0.1) is 11.6 Å². The Morgan fingerprint density at radius 1 is 1.47 bits per heavy atom. The Balaban J connectivity index is 2.08. The third-order valence-electron chi connectivity index (χ3n) is 3.52. The van der Waals surface area contributed by atoms with E-state index in [1.807, 2.05) is 0 Å². The van der Waals surface area contributed by atoms with Crippen molar-refractivity contribution in [2.75, 3.05) is 0 Å². The predicted molar refractivity (Wildman–Crippen MR) is 64.8 cm³/mol. The minimum atomic E-state index is -0.287. The van der Waals surface area contributed by atoms with Crippen molar-refractivity contribution in [3.63, 3.8) is 0 Å². The monoisotopic (exact) mass is 232 g/mol. The van der Waals surface area contributed by atoms with Gasteiger partial charge < -0.3 is 5.32 Å². The molecule has 90 valence electrons. The standard InChI is InChI=1S/C14H17FN2/c1-14(2,12-4-5-12)17-9-11-7-13(15)6-3-10(11)8-16/h3,6-7,12,17H,4-5,9H2,1-2H3. The molecule has 1 aromatic carbocycles. The molecule has 1 N–H and O–H groups in total. The fourth-order valence-electron chi connectivity index (χ4n) is 2.09. The molecule has 0 heterocycles. The van der Waals surface area contributed by atoms with Crippen molar-refractivity contribution < 1.29 is 4.39 Å². The molecule has 0 saturated heterocycles. The highest BCUT2D eigenvalue weighted by Crippen LogP contribution is 2.39. The Hall–Kier alpha value is -1.40. The van der Waals surface area contributed by atoms with Crippen LogP contribution in [-0.4, -0.2) is 5.54 Å². The fraction of sp³-hybridized carbons (Fsp3) is 0.500. The lowest BCUT2D eigenvalue weighted by Crippen LogP contribution is -2.40. The van der Waals surface area contributed by atoms with Crippen LogP contribution in [0.2, 0.25) is 0 Å². The van der Waals surface area contributed by atoms with Crippen LogP contribution in [0.1, 0.15) is 37.8 Å². The minimum absolute atomic E-state index is 0.0685. The summed E-state index contributed by atoms with van der Waals surface area (Å²) in [6.07, 6.45) is 2.52. The first-order chi connectivity index (χ1) is 8.03. The summed E-state index contributed by atoms with van der Waals surface area (Å²) < 4.78 is 13.1. The lowest BCUT2D eigenvalue weighted by atomic mass is 9.98. The molecular weight excluding hydrogens is 215 g/mol. The van der Waals surface area contributed by atoms with Gasteiger partial charge in [-0.15, -0.1) is 0 Å². The van der Waals surface area contributed by atoms with Crippen LogP contribution in [0.4, 0.5) is 4.39 Å². The van der Waals surface area contributed by atoms with Crippen molar-refractivity contribution >= 4 is 0 Å². The van der Waals surface area contributed by atoms with E-state index in [0.29, 0.717) is 18.0 Å². The number of benzene rings is 1. The molecule has 0 amide bonds. The number of nitrogens with one attached hydrogen (secondary N) is 1. The zero-order chi connectivity index (χ0) is 12.5. The molecular formula is C14H17FN2. The average Bonchev–Trinajstić information content (AvgIpc) is 3.11. The van der Waals surface area contributed by atoms with E-state index < -0.39 is 0 Å². The van der Waals surface area contributed by atoms with Gasteiger partial charge in [0, 0.05) is 12.1 Å². The molecule has 1 aliphatic carbocycles. The summed E-state index contributed by atoms with van der Waals surface area (Å²) in [5.41, 5.74) is 1.35. The van der Waals surface area contributed by atoms with E-state index in [-0.39, 0.29) is 11.4 Å². The van der Waals surface area contributed by atoms with Crippen molar-refractivity contribution in [2.24, 2.45) is 5.92 Å². The summed E-state index contributed by atoms with van der Waals surface area (Å²) >= 11 is 0. The van der Waals surface area contributed by atoms with Crippen LogP contribution in [0.15, 0.2) is 18.2 Å². The lowest BCUT2D eigenvalue weighted by molar-refractivity contribution is 0.339. The summed E-state index contributed by atoms with van der Waals surface area (Å²) in [4.78, 5) is 0. The second-order valence-electron chi connectivity index (χ2n) is 5.26. The molecule has 1 aromatic rings. The Kier molecular flexibility index (Phi) is 3.17. The predicted octanol–water partition coefficient (Wildman–Crippen LogP) is 2.98. The maximum absolute atomic E-state index is 13.1. The van der Waals surface area contributed by atoms with Crippen LogP contribution in [0.3, 0.4) is 0 Å². The lowest BCUT2D eigenvalue weighted by Gasteiger charge is -2.26.